The molecule has 0 spiro atoms. The van der Waals surface area contributed by atoms with Crippen LogP contribution in [0, 0.1) is 5.92 Å². The van der Waals surface area contributed by atoms with Gasteiger partial charge in [0, 0.05) is 5.92 Å². The van der Waals surface area contributed by atoms with E-state index < -0.39 is 0 Å². The minimum absolute atomic E-state index is 0.133. The predicted octanol–water partition coefficient (Wildman–Crippen LogP) is 0.278. The minimum Gasteiger partial charge on any atom is -0.303 e. The lowest BCUT2D eigenvalue weighted by atomic mass is 9.87. The van der Waals surface area contributed by atoms with Gasteiger partial charge in [0.25, 0.3) is 0 Å². The molecule has 0 aliphatic heterocycles. The fraction of sp³-hybridized carbons (Fsp3) is 0.286. The number of carbonyl (C=O) groups excluding carboxylic acids is 1. The third-order valence-electron chi connectivity index (χ3n) is 1.49. The average Bonchev–Trinajstić information content (AvgIpc) is 1.90. The van der Waals surface area contributed by atoms with Crippen molar-refractivity contribution in [3.63, 3.8) is 0 Å². The van der Waals surface area contributed by atoms with Crippen molar-refractivity contribution in [2.45, 2.75) is 6.42 Å². The topological polar surface area (TPSA) is 17.1 Å². The van der Waals surface area contributed by atoms with Gasteiger partial charge in [-0.05, 0) is 6.42 Å². The zero-order valence-corrected chi connectivity index (χ0v) is 5.50. The van der Waals surface area contributed by atoms with E-state index in [2.05, 4.69) is 6.08 Å². The Hall–Kier alpha value is -0.785. The van der Waals surface area contributed by atoms with Gasteiger partial charge in [-0.15, -0.1) is 0 Å². The van der Waals surface area contributed by atoms with Crippen LogP contribution in [0.25, 0.3) is 0 Å². The van der Waals surface area contributed by atoms with Gasteiger partial charge in [-0.2, -0.15) is 0 Å². The molecule has 0 heterocycles. The van der Waals surface area contributed by atoms with E-state index in [1.807, 2.05) is 20.0 Å². The Balaban J connectivity index is 2.58. The monoisotopic (exact) mass is 120 g/mol. The maximum atomic E-state index is 10.2. The molecule has 2 heteroatoms. The molecule has 0 N–H and O–H groups in total. The molecule has 9 heavy (non-hydrogen) atoms. The fourth-order valence-corrected chi connectivity index (χ4v) is 0.845. The van der Waals surface area contributed by atoms with Crippen LogP contribution >= 0.6 is 0 Å². The molecule has 1 nitrogen and oxygen atoms in total. The van der Waals surface area contributed by atoms with E-state index in [0.717, 1.165) is 12.7 Å². The van der Waals surface area contributed by atoms with Crippen molar-refractivity contribution in [1.82, 2.24) is 0 Å². The predicted molar refractivity (Wildman–Crippen MR) is 39.9 cm³/mol. The summed E-state index contributed by atoms with van der Waals surface area (Å²) < 4.78 is 0. The van der Waals surface area contributed by atoms with Crippen LogP contribution in [0.15, 0.2) is 23.7 Å². The van der Waals surface area contributed by atoms with Gasteiger partial charge in [0.2, 0.25) is 0 Å². The lowest BCUT2D eigenvalue weighted by molar-refractivity contribution is -0.109. The molecule has 0 amide bonds. The molecule has 1 rings (SSSR count). The van der Waals surface area contributed by atoms with E-state index in [1.165, 1.54) is 5.47 Å². The first-order valence-corrected chi connectivity index (χ1v) is 3.13. The molecule has 1 atom stereocenters. The van der Waals surface area contributed by atoms with Crippen LogP contribution in [0.2, 0.25) is 0 Å². The van der Waals surface area contributed by atoms with Crippen LogP contribution in [0.1, 0.15) is 6.42 Å². The van der Waals surface area contributed by atoms with Gasteiger partial charge in [0.05, 0.1) is 0 Å². The van der Waals surface area contributed by atoms with Crippen molar-refractivity contribution in [3.05, 3.63) is 23.7 Å². The Labute approximate surface area is 55.9 Å². The maximum Gasteiger partial charge on any atom is 0.138 e. The van der Waals surface area contributed by atoms with Gasteiger partial charge in [0.15, 0.2) is 0 Å². The molecule has 0 saturated carbocycles. The van der Waals surface area contributed by atoms with Gasteiger partial charge in [-0.3, -0.25) is 0 Å². The molecule has 0 aromatic carbocycles. The third kappa shape index (κ3) is 1.56. The summed E-state index contributed by atoms with van der Waals surface area (Å²) in [6.07, 6.45) is 7.88. The first-order valence-electron chi connectivity index (χ1n) is 3.13. The van der Waals surface area contributed by atoms with E-state index in [9.17, 15) is 4.79 Å². The summed E-state index contributed by atoms with van der Waals surface area (Å²) in [5, 5.41) is 0. The summed E-state index contributed by atoms with van der Waals surface area (Å²) in [4.78, 5) is 10.2. The van der Waals surface area contributed by atoms with E-state index in [0.29, 0.717) is 0 Å². The SMILES string of the molecule is BC1=CCC(C=O)C=C1. The zero-order chi connectivity index (χ0) is 6.69. The third-order valence-corrected chi connectivity index (χ3v) is 1.49. The quantitative estimate of drug-likeness (QED) is 0.358. The molecule has 1 aliphatic rings. The molecule has 1 unspecified atom stereocenters. The van der Waals surface area contributed by atoms with Crippen LogP contribution in [-0.2, 0) is 4.79 Å². The largest absolute Gasteiger partial charge is 0.303 e. The summed E-state index contributed by atoms with van der Waals surface area (Å²) in [6.45, 7) is 0. The highest BCUT2D eigenvalue weighted by Gasteiger charge is 2.03. The van der Waals surface area contributed by atoms with E-state index >= 15 is 0 Å². The number of hydrogen-bond donors (Lipinski definition) is 0. The molecule has 0 fully saturated rings. The Morgan fingerprint density at radius 2 is 2.56 bits per heavy atom. The molecular formula is C7H9BO. The van der Waals surface area contributed by atoms with Crippen LogP contribution in [0.3, 0.4) is 0 Å². The van der Waals surface area contributed by atoms with Crippen molar-refractivity contribution < 1.29 is 4.79 Å². The van der Waals surface area contributed by atoms with Crippen molar-refractivity contribution in [3.8, 4) is 0 Å². The van der Waals surface area contributed by atoms with Crippen LogP contribution in [-0.4, -0.2) is 14.1 Å². The summed E-state index contributed by atoms with van der Waals surface area (Å²) >= 11 is 0. The van der Waals surface area contributed by atoms with E-state index in [4.69, 9.17) is 0 Å². The van der Waals surface area contributed by atoms with Gasteiger partial charge < -0.3 is 4.79 Å². The number of allylic oxidation sites excluding steroid dienone is 4. The number of rotatable bonds is 1. The minimum atomic E-state index is 0.133. The number of aldehydes is 1. The normalized spacial score (nSPS) is 25.3. The first kappa shape index (κ1) is 6.34. The lowest BCUT2D eigenvalue weighted by Crippen LogP contribution is -2.00. The molecule has 0 aromatic heterocycles. The summed E-state index contributed by atoms with van der Waals surface area (Å²) in [6, 6.07) is 0. The Morgan fingerprint density at radius 1 is 1.78 bits per heavy atom. The standard InChI is InChI=1S/C7H9BO/c8-7-3-1-6(5-9)2-4-7/h1,3-6H,2,8H2. The Bertz CT molecular complexity index is 170. The average molecular weight is 120 g/mol. The van der Waals surface area contributed by atoms with Crippen molar-refractivity contribution in [2.24, 2.45) is 5.92 Å². The van der Waals surface area contributed by atoms with E-state index in [1.54, 1.807) is 0 Å². The number of carbonyl (C=O) groups is 1. The van der Waals surface area contributed by atoms with Crippen molar-refractivity contribution >= 4 is 14.1 Å². The second-order valence-electron chi connectivity index (χ2n) is 2.34. The van der Waals surface area contributed by atoms with Gasteiger partial charge in [-0.25, -0.2) is 0 Å². The van der Waals surface area contributed by atoms with Crippen LogP contribution in [0.4, 0.5) is 0 Å². The van der Waals surface area contributed by atoms with E-state index in [-0.39, 0.29) is 5.92 Å². The zero-order valence-electron chi connectivity index (χ0n) is 5.50. The summed E-state index contributed by atoms with van der Waals surface area (Å²) in [5.41, 5.74) is 1.26. The second kappa shape index (κ2) is 2.67. The summed E-state index contributed by atoms with van der Waals surface area (Å²) in [5.74, 6) is 0.133. The highest BCUT2D eigenvalue weighted by molar-refractivity contribution is 6.23. The molecule has 0 aromatic rings. The van der Waals surface area contributed by atoms with Crippen LogP contribution < -0.4 is 0 Å². The first-order chi connectivity index (χ1) is 4.33. The highest BCUT2D eigenvalue weighted by Crippen LogP contribution is 2.11. The molecule has 1 aliphatic carbocycles. The Kier molecular flexibility index (Phi) is 1.88. The van der Waals surface area contributed by atoms with Gasteiger partial charge in [-0.1, -0.05) is 23.7 Å². The Morgan fingerprint density at radius 3 is 3.00 bits per heavy atom. The molecule has 0 saturated heterocycles. The smallest absolute Gasteiger partial charge is 0.138 e. The number of hydrogen-bond acceptors (Lipinski definition) is 1. The van der Waals surface area contributed by atoms with Crippen molar-refractivity contribution in [1.29, 1.82) is 0 Å². The molecule has 0 radical (unpaired) electrons. The highest BCUT2D eigenvalue weighted by atomic mass is 16.1. The fourth-order valence-electron chi connectivity index (χ4n) is 0.845. The molecule has 0 bridgehead atoms. The van der Waals surface area contributed by atoms with Gasteiger partial charge >= 0.3 is 0 Å². The molecule has 46 valence electrons. The van der Waals surface area contributed by atoms with Gasteiger partial charge in [0.1, 0.15) is 14.1 Å². The lowest BCUT2D eigenvalue weighted by Gasteiger charge is -2.05. The van der Waals surface area contributed by atoms with Crippen LogP contribution in [0.5, 0.6) is 0 Å². The second-order valence-corrected chi connectivity index (χ2v) is 2.34. The molecular weight excluding hydrogens is 111 g/mol. The maximum absolute atomic E-state index is 10.2. The summed E-state index contributed by atoms with van der Waals surface area (Å²) in [7, 11) is 2.04. The van der Waals surface area contributed by atoms with Crippen molar-refractivity contribution in [2.75, 3.05) is 0 Å².